The van der Waals surface area contributed by atoms with E-state index in [4.69, 9.17) is 4.74 Å². The molecule has 0 amide bonds. The molecule has 0 saturated carbocycles. The van der Waals surface area contributed by atoms with Crippen molar-refractivity contribution in [1.82, 2.24) is 9.97 Å². The molecule has 3 aromatic rings. The quantitative estimate of drug-likeness (QED) is 0.616. The van der Waals surface area contributed by atoms with Gasteiger partial charge in [-0.3, -0.25) is 4.98 Å². The predicted octanol–water partition coefficient (Wildman–Crippen LogP) is 4.71. The van der Waals surface area contributed by atoms with E-state index in [1.165, 1.54) is 26.2 Å². The number of rotatable bonds is 7. The zero-order valence-corrected chi connectivity index (χ0v) is 16.6. The van der Waals surface area contributed by atoms with Crippen LogP contribution < -0.4 is 4.74 Å². The lowest BCUT2D eigenvalue weighted by atomic mass is 9.72. The molecular weight excluding hydrogens is 362 g/mol. The van der Waals surface area contributed by atoms with E-state index in [1.807, 2.05) is 26.0 Å². The van der Waals surface area contributed by atoms with E-state index >= 15 is 0 Å². The predicted molar refractivity (Wildman–Crippen MR) is 106 cm³/mol. The zero-order chi connectivity index (χ0) is 20.5. The summed E-state index contributed by atoms with van der Waals surface area (Å²) in [6.07, 6.45) is 2.07. The number of nitrogens with zero attached hydrogens (tertiary/aromatic N) is 1. The van der Waals surface area contributed by atoms with Gasteiger partial charge in [-0.2, -0.15) is 0 Å². The maximum absolute atomic E-state index is 14.6. The topological polar surface area (TPSA) is 58.1 Å². The van der Waals surface area contributed by atoms with Gasteiger partial charge < -0.3 is 14.8 Å². The van der Waals surface area contributed by atoms with Crippen molar-refractivity contribution < 1.29 is 18.6 Å². The van der Waals surface area contributed by atoms with Gasteiger partial charge in [0.05, 0.1) is 18.8 Å². The van der Waals surface area contributed by atoms with Crippen molar-refractivity contribution in [3.05, 3.63) is 59.8 Å². The number of methoxy groups -OCH3 is 1. The van der Waals surface area contributed by atoms with Crippen LogP contribution in [0.4, 0.5) is 8.78 Å². The van der Waals surface area contributed by atoms with Gasteiger partial charge in [0.15, 0.2) is 0 Å². The third kappa shape index (κ3) is 4.02. The first-order chi connectivity index (χ1) is 13.1. The smallest absolute Gasteiger partial charge is 0.126 e. The van der Waals surface area contributed by atoms with Gasteiger partial charge >= 0.3 is 0 Å². The Bertz CT molecular complexity index is 935. The first-order valence-corrected chi connectivity index (χ1v) is 9.27. The van der Waals surface area contributed by atoms with Crippen molar-refractivity contribution in [2.24, 2.45) is 0 Å². The molecule has 1 aromatic carbocycles. The average Bonchev–Trinajstić information content (AvgIpc) is 3.02. The standard InChI is InChI=1S/C22H26F2N2O2/c1-14(23)22(27,11-17-9-15-7-8-25-12-19(15)26-17)13-21(2,3)18-10-16(24)5-6-20(18)28-4/h5-10,12,14,26-27H,11,13H2,1-4H3. The highest BCUT2D eigenvalue weighted by Crippen LogP contribution is 2.40. The number of fused-ring (bicyclic) bond motifs is 1. The van der Waals surface area contributed by atoms with Gasteiger partial charge in [0.1, 0.15) is 23.3 Å². The van der Waals surface area contributed by atoms with Gasteiger partial charge in [-0.1, -0.05) is 13.8 Å². The lowest BCUT2D eigenvalue weighted by molar-refractivity contribution is -0.0487. The number of H-pyrrole nitrogens is 1. The minimum Gasteiger partial charge on any atom is -0.496 e. The molecule has 0 aliphatic heterocycles. The second-order valence-electron chi connectivity index (χ2n) is 8.06. The van der Waals surface area contributed by atoms with E-state index in [9.17, 15) is 13.9 Å². The third-order valence-corrected chi connectivity index (χ3v) is 5.36. The van der Waals surface area contributed by atoms with Gasteiger partial charge in [-0.15, -0.1) is 0 Å². The largest absolute Gasteiger partial charge is 0.496 e. The van der Waals surface area contributed by atoms with Crippen molar-refractivity contribution in [2.45, 2.75) is 50.8 Å². The molecular formula is C22H26F2N2O2. The number of halogens is 2. The Morgan fingerprint density at radius 2 is 2.00 bits per heavy atom. The Kier molecular flexibility index (Phi) is 5.44. The Balaban J connectivity index is 1.93. The maximum Gasteiger partial charge on any atom is 0.126 e. The molecule has 0 radical (unpaired) electrons. The summed E-state index contributed by atoms with van der Waals surface area (Å²) in [5.74, 6) is 0.112. The van der Waals surface area contributed by atoms with E-state index in [0.29, 0.717) is 11.3 Å². The highest BCUT2D eigenvalue weighted by atomic mass is 19.1. The monoisotopic (exact) mass is 388 g/mol. The number of benzene rings is 1. The molecule has 0 bridgehead atoms. The number of aromatic amines is 1. The molecule has 150 valence electrons. The van der Waals surface area contributed by atoms with E-state index < -0.39 is 23.0 Å². The highest BCUT2D eigenvalue weighted by molar-refractivity contribution is 5.79. The van der Waals surface area contributed by atoms with Gasteiger partial charge in [0.2, 0.25) is 0 Å². The van der Waals surface area contributed by atoms with Crippen molar-refractivity contribution in [1.29, 1.82) is 0 Å². The third-order valence-electron chi connectivity index (χ3n) is 5.36. The van der Waals surface area contributed by atoms with Crippen molar-refractivity contribution in [3.63, 3.8) is 0 Å². The van der Waals surface area contributed by atoms with Crippen LogP contribution >= 0.6 is 0 Å². The summed E-state index contributed by atoms with van der Waals surface area (Å²) in [7, 11) is 1.51. The van der Waals surface area contributed by atoms with E-state index in [0.717, 1.165) is 16.6 Å². The summed E-state index contributed by atoms with van der Waals surface area (Å²) in [5.41, 5.74) is -0.227. The molecule has 2 aromatic heterocycles. The fraction of sp³-hybridized carbons (Fsp3) is 0.409. The summed E-state index contributed by atoms with van der Waals surface area (Å²) in [4.78, 5) is 7.26. The molecule has 6 heteroatoms. The fourth-order valence-electron chi connectivity index (χ4n) is 3.87. The number of ether oxygens (including phenoxy) is 1. The molecule has 0 aliphatic rings. The van der Waals surface area contributed by atoms with Gasteiger partial charge in [-0.05, 0) is 49.1 Å². The minimum atomic E-state index is -1.64. The molecule has 28 heavy (non-hydrogen) atoms. The molecule has 3 rings (SSSR count). The van der Waals surface area contributed by atoms with Crippen LogP contribution in [0, 0.1) is 5.82 Å². The summed E-state index contributed by atoms with van der Waals surface area (Å²) >= 11 is 0. The minimum absolute atomic E-state index is 0.0884. The Labute approximate surface area is 163 Å². The molecule has 0 spiro atoms. The summed E-state index contributed by atoms with van der Waals surface area (Å²) in [6, 6.07) is 8.00. The second-order valence-corrected chi connectivity index (χ2v) is 8.06. The van der Waals surface area contributed by atoms with Crippen LogP contribution in [0.2, 0.25) is 0 Å². The zero-order valence-electron chi connectivity index (χ0n) is 16.6. The van der Waals surface area contributed by atoms with Crippen LogP contribution in [0.1, 0.15) is 38.4 Å². The summed E-state index contributed by atoms with van der Waals surface area (Å²) < 4.78 is 33.8. The maximum atomic E-state index is 14.6. The van der Waals surface area contributed by atoms with Crippen LogP contribution in [-0.2, 0) is 11.8 Å². The average molecular weight is 388 g/mol. The normalized spacial score (nSPS) is 15.4. The Morgan fingerprint density at radius 3 is 2.64 bits per heavy atom. The number of pyridine rings is 1. The molecule has 0 aliphatic carbocycles. The first kappa shape index (κ1) is 20.3. The van der Waals surface area contributed by atoms with Crippen LogP contribution in [0.15, 0.2) is 42.7 Å². The SMILES string of the molecule is COc1ccc(F)cc1C(C)(C)CC(O)(Cc1cc2ccncc2[nH]1)C(C)F. The van der Waals surface area contributed by atoms with Gasteiger partial charge in [0.25, 0.3) is 0 Å². The molecule has 4 nitrogen and oxygen atoms in total. The highest BCUT2D eigenvalue weighted by Gasteiger charge is 2.42. The molecule has 0 saturated heterocycles. The van der Waals surface area contributed by atoms with E-state index in [-0.39, 0.29) is 12.8 Å². The van der Waals surface area contributed by atoms with E-state index in [1.54, 1.807) is 18.5 Å². The molecule has 2 N–H and O–H groups in total. The van der Waals surface area contributed by atoms with Crippen LogP contribution in [0.5, 0.6) is 5.75 Å². The van der Waals surface area contributed by atoms with Crippen LogP contribution in [0.25, 0.3) is 10.9 Å². The molecule has 2 heterocycles. The Hall–Kier alpha value is -2.47. The lowest BCUT2D eigenvalue weighted by Crippen LogP contribution is -2.45. The molecule has 2 unspecified atom stereocenters. The first-order valence-electron chi connectivity index (χ1n) is 9.27. The lowest BCUT2D eigenvalue weighted by Gasteiger charge is -2.38. The number of alkyl halides is 1. The molecule has 2 atom stereocenters. The molecule has 0 fully saturated rings. The van der Waals surface area contributed by atoms with Crippen molar-refractivity contribution >= 4 is 10.9 Å². The number of hydrogen-bond donors (Lipinski definition) is 2. The van der Waals surface area contributed by atoms with Crippen molar-refractivity contribution in [2.75, 3.05) is 7.11 Å². The van der Waals surface area contributed by atoms with E-state index in [2.05, 4.69) is 9.97 Å². The number of nitrogens with one attached hydrogen (secondary N) is 1. The number of hydrogen-bond acceptors (Lipinski definition) is 3. The summed E-state index contributed by atoms with van der Waals surface area (Å²) in [5, 5.41) is 12.2. The fourth-order valence-corrected chi connectivity index (χ4v) is 3.87. The van der Waals surface area contributed by atoms with Gasteiger partial charge in [0, 0.05) is 29.3 Å². The second kappa shape index (κ2) is 7.51. The van der Waals surface area contributed by atoms with Crippen LogP contribution in [-0.4, -0.2) is 34.0 Å². The Morgan fingerprint density at radius 1 is 1.25 bits per heavy atom. The number of aliphatic hydroxyl groups is 1. The van der Waals surface area contributed by atoms with Gasteiger partial charge in [-0.25, -0.2) is 8.78 Å². The number of aromatic nitrogens is 2. The summed E-state index contributed by atoms with van der Waals surface area (Å²) in [6.45, 7) is 5.06. The van der Waals surface area contributed by atoms with Crippen LogP contribution in [0.3, 0.4) is 0 Å². The van der Waals surface area contributed by atoms with Crippen molar-refractivity contribution in [3.8, 4) is 5.75 Å².